The van der Waals surface area contributed by atoms with Gasteiger partial charge in [-0.15, -0.1) is 0 Å². The number of nitrogens with zero attached hydrogens (tertiary/aromatic N) is 1. The predicted molar refractivity (Wildman–Crippen MR) is 70.2 cm³/mol. The summed E-state index contributed by atoms with van der Waals surface area (Å²) in [6.45, 7) is 8.76. The van der Waals surface area contributed by atoms with Crippen molar-refractivity contribution in [1.82, 2.24) is 4.90 Å². The largest absolute Gasteiger partial charge is 0.481 e. The smallest absolute Gasteiger partial charge is 0.303 e. The van der Waals surface area contributed by atoms with Gasteiger partial charge in [0.05, 0.1) is 6.42 Å². The molecule has 4 heteroatoms. The average molecular weight is 255 g/mol. The van der Waals surface area contributed by atoms with Gasteiger partial charge in [-0.05, 0) is 31.1 Å². The lowest BCUT2D eigenvalue weighted by Crippen LogP contribution is -2.47. The molecule has 0 saturated carbocycles. The van der Waals surface area contributed by atoms with Gasteiger partial charge in [0.15, 0.2) is 0 Å². The van der Waals surface area contributed by atoms with Crippen LogP contribution >= 0.6 is 0 Å². The molecule has 2 atom stereocenters. The van der Waals surface area contributed by atoms with Crippen molar-refractivity contribution in [3.05, 3.63) is 0 Å². The van der Waals surface area contributed by atoms with Crippen LogP contribution in [0.3, 0.4) is 0 Å². The number of carbonyl (C=O) groups is 2. The number of carboxylic acids is 1. The molecular weight excluding hydrogens is 230 g/mol. The summed E-state index contributed by atoms with van der Waals surface area (Å²) in [5, 5.41) is 8.84. The van der Waals surface area contributed by atoms with Gasteiger partial charge >= 0.3 is 5.97 Å². The molecule has 0 spiro atoms. The number of aliphatic carboxylic acids is 1. The third-order valence-electron chi connectivity index (χ3n) is 3.95. The second kappa shape index (κ2) is 5.72. The zero-order valence-electron chi connectivity index (χ0n) is 11.9. The van der Waals surface area contributed by atoms with Crippen molar-refractivity contribution in [3.8, 4) is 0 Å². The molecule has 0 aromatic heterocycles. The Morgan fingerprint density at radius 1 is 1.28 bits per heavy atom. The zero-order valence-corrected chi connectivity index (χ0v) is 11.9. The second-order valence-electron chi connectivity index (χ2n) is 6.36. The van der Waals surface area contributed by atoms with E-state index in [1.165, 1.54) is 6.42 Å². The van der Waals surface area contributed by atoms with Gasteiger partial charge in [-0.1, -0.05) is 20.8 Å². The molecule has 1 amide bonds. The Balaban J connectivity index is 2.61. The number of hydrogen-bond donors (Lipinski definition) is 1. The molecular formula is C14H25NO3. The Hall–Kier alpha value is -1.06. The van der Waals surface area contributed by atoms with Crippen LogP contribution < -0.4 is 0 Å². The molecule has 0 radical (unpaired) electrons. The lowest BCUT2D eigenvalue weighted by Gasteiger charge is -2.39. The highest BCUT2D eigenvalue weighted by atomic mass is 16.4. The first kappa shape index (κ1) is 15.0. The fourth-order valence-corrected chi connectivity index (χ4v) is 2.67. The molecule has 0 aromatic carbocycles. The Kier molecular flexibility index (Phi) is 4.77. The molecule has 1 aliphatic heterocycles. The molecule has 0 unspecified atom stereocenters. The third-order valence-corrected chi connectivity index (χ3v) is 3.95. The monoisotopic (exact) mass is 255 g/mol. The number of hydrogen-bond acceptors (Lipinski definition) is 2. The van der Waals surface area contributed by atoms with Gasteiger partial charge in [0.1, 0.15) is 0 Å². The van der Waals surface area contributed by atoms with Crippen LogP contribution in [-0.2, 0) is 9.59 Å². The van der Waals surface area contributed by atoms with E-state index in [0.717, 1.165) is 13.0 Å². The van der Waals surface area contributed by atoms with Gasteiger partial charge in [-0.3, -0.25) is 9.59 Å². The molecule has 0 aliphatic carbocycles. The molecule has 4 nitrogen and oxygen atoms in total. The Morgan fingerprint density at radius 2 is 1.89 bits per heavy atom. The average Bonchev–Trinajstić information content (AvgIpc) is 2.18. The molecule has 1 saturated heterocycles. The molecule has 18 heavy (non-hydrogen) atoms. The van der Waals surface area contributed by atoms with Crippen LogP contribution in [0.5, 0.6) is 0 Å². The molecule has 1 aliphatic rings. The Bertz CT molecular complexity index is 325. The minimum Gasteiger partial charge on any atom is -0.481 e. The molecule has 104 valence electrons. The first-order valence-corrected chi connectivity index (χ1v) is 6.74. The Labute approximate surface area is 109 Å². The fraction of sp³-hybridized carbons (Fsp3) is 0.857. The molecule has 1 fully saturated rings. The summed E-state index contributed by atoms with van der Waals surface area (Å²) in [7, 11) is 0. The highest BCUT2D eigenvalue weighted by Crippen LogP contribution is 2.29. The van der Waals surface area contributed by atoms with Crippen LogP contribution in [0.15, 0.2) is 0 Å². The summed E-state index contributed by atoms with van der Waals surface area (Å²) in [6.07, 6.45) is 2.58. The van der Waals surface area contributed by atoms with Gasteiger partial charge in [0.2, 0.25) is 5.91 Å². The first-order chi connectivity index (χ1) is 8.23. The molecule has 0 aromatic rings. The second-order valence-corrected chi connectivity index (χ2v) is 6.36. The topological polar surface area (TPSA) is 57.6 Å². The molecule has 1 rings (SSSR count). The number of amides is 1. The van der Waals surface area contributed by atoms with Gasteiger partial charge in [-0.2, -0.15) is 0 Å². The van der Waals surface area contributed by atoms with Crippen molar-refractivity contribution in [2.24, 2.45) is 11.3 Å². The van der Waals surface area contributed by atoms with E-state index in [2.05, 4.69) is 13.8 Å². The van der Waals surface area contributed by atoms with Gasteiger partial charge < -0.3 is 10.0 Å². The van der Waals surface area contributed by atoms with E-state index in [1.54, 1.807) is 0 Å². The zero-order chi connectivity index (χ0) is 13.9. The van der Waals surface area contributed by atoms with Crippen molar-refractivity contribution < 1.29 is 14.7 Å². The third kappa shape index (κ3) is 4.00. The quantitative estimate of drug-likeness (QED) is 0.839. The summed E-state index contributed by atoms with van der Waals surface area (Å²) in [5.74, 6) is -0.210. The van der Waals surface area contributed by atoms with Crippen LogP contribution in [0.2, 0.25) is 0 Å². The van der Waals surface area contributed by atoms with E-state index in [9.17, 15) is 9.59 Å². The SMILES string of the molecule is C[C@@H]1[C@@H](C)CCCN1C(=O)CC(C)(C)CC(=O)O. The summed E-state index contributed by atoms with van der Waals surface area (Å²) in [6, 6.07) is 0.270. The van der Waals surface area contributed by atoms with Crippen LogP contribution in [0.1, 0.15) is 53.4 Å². The van der Waals surface area contributed by atoms with E-state index < -0.39 is 11.4 Å². The van der Waals surface area contributed by atoms with Gasteiger partial charge in [0.25, 0.3) is 0 Å². The van der Waals surface area contributed by atoms with Crippen LogP contribution in [-0.4, -0.2) is 34.5 Å². The summed E-state index contributed by atoms with van der Waals surface area (Å²) in [5.41, 5.74) is -0.469. The highest BCUT2D eigenvalue weighted by Gasteiger charge is 2.32. The number of rotatable bonds is 4. The van der Waals surface area contributed by atoms with Crippen molar-refractivity contribution in [1.29, 1.82) is 0 Å². The number of carboxylic acid groups (broad SMARTS) is 1. The van der Waals surface area contributed by atoms with Gasteiger partial charge in [0, 0.05) is 19.0 Å². The maximum absolute atomic E-state index is 12.3. The predicted octanol–water partition coefficient (Wildman–Crippen LogP) is 2.52. The molecule has 1 heterocycles. The number of likely N-dealkylation sites (tertiary alicyclic amines) is 1. The minimum atomic E-state index is -0.840. The van der Waals surface area contributed by atoms with Crippen LogP contribution in [0, 0.1) is 11.3 Å². The van der Waals surface area contributed by atoms with Crippen molar-refractivity contribution in [3.63, 3.8) is 0 Å². The lowest BCUT2D eigenvalue weighted by molar-refractivity contribution is -0.142. The summed E-state index contributed by atoms with van der Waals surface area (Å²) in [4.78, 5) is 25.0. The fourth-order valence-electron chi connectivity index (χ4n) is 2.67. The molecule has 0 bridgehead atoms. The lowest BCUT2D eigenvalue weighted by atomic mass is 9.84. The van der Waals surface area contributed by atoms with Crippen LogP contribution in [0.25, 0.3) is 0 Å². The van der Waals surface area contributed by atoms with Crippen molar-refractivity contribution in [2.45, 2.75) is 59.4 Å². The maximum atomic E-state index is 12.3. The number of carbonyl (C=O) groups excluding carboxylic acids is 1. The van der Waals surface area contributed by atoms with E-state index in [0.29, 0.717) is 12.3 Å². The highest BCUT2D eigenvalue weighted by molar-refractivity contribution is 5.78. The van der Waals surface area contributed by atoms with Crippen molar-refractivity contribution >= 4 is 11.9 Å². The molecule has 1 N–H and O–H groups in total. The van der Waals surface area contributed by atoms with E-state index in [4.69, 9.17) is 5.11 Å². The van der Waals surface area contributed by atoms with Crippen molar-refractivity contribution in [2.75, 3.05) is 6.54 Å². The van der Waals surface area contributed by atoms with E-state index in [1.807, 2.05) is 18.7 Å². The summed E-state index contributed by atoms with van der Waals surface area (Å²) < 4.78 is 0. The van der Waals surface area contributed by atoms with E-state index in [-0.39, 0.29) is 18.4 Å². The van der Waals surface area contributed by atoms with Gasteiger partial charge in [-0.25, -0.2) is 0 Å². The normalized spacial score (nSPS) is 25.0. The minimum absolute atomic E-state index is 0.0382. The maximum Gasteiger partial charge on any atom is 0.303 e. The first-order valence-electron chi connectivity index (χ1n) is 6.74. The Morgan fingerprint density at radius 3 is 2.44 bits per heavy atom. The summed E-state index contributed by atoms with van der Waals surface area (Å²) >= 11 is 0. The van der Waals surface area contributed by atoms with E-state index >= 15 is 0 Å². The van der Waals surface area contributed by atoms with Crippen LogP contribution in [0.4, 0.5) is 0 Å². The number of piperidine rings is 1. The standard InChI is InChI=1S/C14H25NO3/c1-10-6-5-7-15(11(10)2)12(16)8-14(3,4)9-13(17)18/h10-11H,5-9H2,1-4H3,(H,17,18)/t10-,11+/m0/s1.